The van der Waals surface area contributed by atoms with Gasteiger partial charge in [-0.15, -0.1) is 0 Å². The van der Waals surface area contributed by atoms with Crippen molar-refractivity contribution in [1.82, 2.24) is 15.2 Å². The molecule has 1 aromatic heterocycles. The molecule has 2 atom stereocenters. The fraction of sp³-hybridized carbons (Fsp3) is 0.350. The predicted molar refractivity (Wildman–Crippen MR) is 95.5 cm³/mol. The van der Waals surface area contributed by atoms with Gasteiger partial charge < -0.3 is 10.2 Å². The van der Waals surface area contributed by atoms with Gasteiger partial charge in [-0.2, -0.15) is 0 Å². The van der Waals surface area contributed by atoms with Gasteiger partial charge in [0, 0.05) is 19.2 Å². The first-order valence-corrected chi connectivity index (χ1v) is 8.61. The molecule has 2 heterocycles. The van der Waals surface area contributed by atoms with Gasteiger partial charge in [-0.25, -0.2) is 0 Å². The van der Waals surface area contributed by atoms with Crippen molar-refractivity contribution >= 4 is 11.8 Å². The molecule has 25 heavy (non-hydrogen) atoms. The molecule has 2 unspecified atom stereocenters. The van der Waals surface area contributed by atoms with E-state index in [-0.39, 0.29) is 17.9 Å². The lowest BCUT2D eigenvalue weighted by Gasteiger charge is -2.25. The second-order valence-electron chi connectivity index (χ2n) is 6.55. The Kier molecular flexibility index (Phi) is 5.12. The first kappa shape index (κ1) is 17.1. The van der Waals surface area contributed by atoms with Crippen molar-refractivity contribution in [3.63, 3.8) is 0 Å². The molecular formula is C20H23N3O2. The van der Waals surface area contributed by atoms with Crippen LogP contribution in [0.4, 0.5) is 0 Å². The van der Waals surface area contributed by atoms with Crippen molar-refractivity contribution in [3.8, 4) is 0 Å². The molecule has 1 aliphatic rings. The van der Waals surface area contributed by atoms with E-state index >= 15 is 0 Å². The summed E-state index contributed by atoms with van der Waals surface area (Å²) in [5.74, 6) is -0.0812. The molecule has 2 aromatic rings. The highest BCUT2D eigenvalue weighted by Gasteiger charge is 2.36. The third kappa shape index (κ3) is 4.05. The van der Waals surface area contributed by atoms with E-state index in [1.807, 2.05) is 56.3 Å². The fourth-order valence-electron chi connectivity index (χ4n) is 3.11. The minimum atomic E-state index is -0.417. The van der Waals surface area contributed by atoms with Crippen molar-refractivity contribution in [1.29, 1.82) is 0 Å². The first-order chi connectivity index (χ1) is 12.0. The van der Waals surface area contributed by atoms with E-state index in [1.165, 1.54) is 5.56 Å². The Balaban J connectivity index is 1.68. The SMILES string of the molecule is Cc1ccc(CN2C(=O)CCC2C(=O)NC(C)c2ccccn2)cc1. The Bertz CT molecular complexity index is 743. The molecule has 3 rings (SSSR count). The highest BCUT2D eigenvalue weighted by molar-refractivity contribution is 5.91. The van der Waals surface area contributed by atoms with Gasteiger partial charge in [-0.05, 0) is 38.0 Å². The van der Waals surface area contributed by atoms with Crippen molar-refractivity contribution in [2.24, 2.45) is 0 Å². The van der Waals surface area contributed by atoms with Crippen molar-refractivity contribution in [2.75, 3.05) is 0 Å². The zero-order valence-electron chi connectivity index (χ0n) is 14.6. The van der Waals surface area contributed by atoms with E-state index in [4.69, 9.17) is 0 Å². The number of pyridine rings is 1. The molecule has 130 valence electrons. The summed E-state index contributed by atoms with van der Waals surface area (Å²) in [6.45, 7) is 4.40. The van der Waals surface area contributed by atoms with E-state index in [1.54, 1.807) is 11.1 Å². The predicted octanol–water partition coefficient (Wildman–Crippen LogP) is 2.76. The van der Waals surface area contributed by atoms with Crippen LogP contribution < -0.4 is 5.32 Å². The van der Waals surface area contributed by atoms with Gasteiger partial charge >= 0.3 is 0 Å². The van der Waals surface area contributed by atoms with Gasteiger partial charge in [0.15, 0.2) is 0 Å². The molecule has 2 amide bonds. The summed E-state index contributed by atoms with van der Waals surface area (Å²) in [6.07, 6.45) is 2.69. The van der Waals surface area contributed by atoms with Crippen LogP contribution in [0.2, 0.25) is 0 Å². The van der Waals surface area contributed by atoms with Crippen LogP contribution in [0, 0.1) is 6.92 Å². The van der Waals surface area contributed by atoms with Crippen molar-refractivity contribution in [3.05, 3.63) is 65.5 Å². The number of nitrogens with zero attached hydrogens (tertiary/aromatic N) is 2. The number of aromatic nitrogens is 1. The van der Waals surface area contributed by atoms with Crippen LogP contribution in [0.25, 0.3) is 0 Å². The number of rotatable bonds is 5. The smallest absolute Gasteiger partial charge is 0.243 e. The lowest BCUT2D eigenvalue weighted by Crippen LogP contribution is -2.45. The van der Waals surface area contributed by atoms with Crippen LogP contribution in [0.1, 0.15) is 42.6 Å². The third-order valence-corrected chi connectivity index (χ3v) is 4.59. The Morgan fingerprint density at radius 2 is 2.04 bits per heavy atom. The Hall–Kier alpha value is -2.69. The number of carbonyl (C=O) groups is 2. The summed E-state index contributed by atoms with van der Waals surface area (Å²) >= 11 is 0. The van der Waals surface area contributed by atoms with Crippen LogP contribution >= 0.6 is 0 Å². The topological polar surface area (TPSA) is 62.3 Å². The number of carbonyl (C=O) groups excluding carboxylic acids is 2. The Morgan fingerprint density at radius 1 is 1.28 bits per heavy atom. The van der Waals surface area contributed by atoms with E-state index < -0.39 is 6.04 Å². The summed E-state index contributed by atoms with van der Waals surface area (Å²) in [5.41, 5.74) is 3.02. The maximum absolute atomic E-state index is 12.7. The molecule has 5 nitrogen and oxygen atoms in total. The highest BCUT2D eigenvalue weighted by atomic mass is 16.2. The summed E-state index contributed by atoms with van der Waals surface area (Å²) in [6, 6.07) is 13.1. The summed E-state index contributed by atoms with van der Waals surface area (Å²) < 4.78 is 0. The highest BCUT2D eigenvalue weighted by Crippen LogP contribution is 2.23. The van der Waals surface area contributed by atoms with Crippen molar-refractivity contribution in [2.45, 2.75) is 45.3 Å². The number of likely N-dealkylation sites (tertiary alicyclic amines) is 1. The van der Waals surface area contributed by atoms with E-state index in [9.17, 15) is 9.59 Å². The molecule has 0 aliphatic carbocycles. The van der Waals surface area contributed by atoms with Crippen LogP contribution in [0.5, 0.6) is 0 Å². The van der Waals surface area contributed by atoms with E-state index in [2.05, 4.69) is 10.3 Å². The van der Waals surface area contributed by atoms with E-state index in [0.717, 1.165) is 11.3 Å². The quantitative estimate of drug-likeness (QED) is 0.912. The molecule has 0 saturated carbocycles. The largest absolute Gasteiger partial charge is 0.346 e. The monoisotopic (exact) mass is 337 g/mol. The molecule has 1 aliphatic heterocycles. The average molecular weight is 337 g/mol. The van der Waals surface area contributed by atoms with E-state index in [0.29, 0.717) is 19.4 Å². The van der Waals surface area contributed by atoms with Gasteiger partial charge in [0.2, 0.25) is 11.8 Å². The zero-order valence-corrected chi connectivity index (χ0v) is 14.6. The lowest BCUT2D eigenvalue weighted by atomic mass is 10.1. The van der Waals surface area contributed by atoms with Gasteiger partial charge in [0.1, 0.15) is 6.04 Å². The standard InChI is InChI=1S/C20H23N3O2/c1-14-6-8-16(9-7-14)13-23-18(10-11-19(23)24)20(25)22-15(2)17-5-3-4-12-21-17/h3-9,12,15,18H,10-11,13H2,1-2H3,(H,22,25). The van der Waals surface area contributed by atoms with Crippen LogP contribution in [-0.4, -0.2) is 27.7 Å². The van der Waals surface area contributed by atoms with Crippen LogP contribution in [-0.2, 0) is 16.1 Å². The third-order valence-electron chi connectivity index (χ3n) is 4.59. The number of hydrogen-bond donors (Lipinski definition) is 1. The van der Waals surface area contributed by atoms with Gasteiger partial charge in [0.05, 0.1) is 11.7 Å². The molecule has 1 N–H and O–H groups in total. The maximum atomic E-state index is 12.7. The molecule has 0 radical (unpaired) electrons. The fourth-order valence-corrected chi connectivity index (χ4v) is 3.11. The second-order valence-corrected chi connectivity index (χ2v) is 6.55. The van der Waals surface area contributed by atoms with Gasteiger partial charge in [-0.3, -0.25) is 14.6 Å². The maximum Gasteiger partial charge on any atom is 0.243 e. The number of aryl methyl sites for hydroxylation is 1. The normalized spacial score (nSPS) is 18.2. The summed E-state index contributed by atoms with van der Waals surface area (Å²) in [5, 5.41) is 2.99. The number of amides is 2. The minimum absolute atomic E-state index is 0.0335. The van der Waals surface area contributed by atoms with Gasteiger partial charge in [-0.1, -0.05) is 35.9 Å². The average Bonchev–Trinajstić information content (AvgIpc) is 2.98. The molecule has 1 saturated heterocycles. The molecular weight excluding hydrogens is 314 g/mol. The van der Waals surface area contributed by atoms with Gasteiger partial charge in [0.25, 0.3) is 0 Å². The van der Waals surface area contributed by atoms with Crippen molar-refractivity contribution < 1.29 is 9.59 Å². The van der Waals surface area contributed by atoms with Crippen LogP contribution in [0.3, 0.4) is 0 Å². The second kappa shape index (κ2) is 7.47. The number of benzene rings is 1. The van der Waals surface area contributed by atoms with Crippen LogP contribution in [0.15, 0.2) is 48.7 Å². The molecule has 5 heteroatoms. The Labute approximate surface area is 148 Å². The molecule has 1 aromatic carbocycles. The molecule has 0 spiro atoms. The first-order valence-electron chi connectivity index (χ1n) is 8.61. The lowest BCUT2D eigenvalue weighted by molar-refractivity contribution is -0.136. The summed E-state index contributed by atoms with van der Waals surface area (Å²) in [4.78, 5) is 30.9. The Morgan fingerprint density at radius 3 is 2.72 bits per heavy atom. The summed E-state index contributed by atoms with van der Waals surface area (Å²) in [7, 11) is 0. The molecule has 1 fully saturated rings. The molecule has 0 bridgehead atoms. The zero-order chi connectivity index (χ0) is 17.8. The number of nitrogens with one attached hydrogen (secondary N) is 1. The minimum Gasteiger partial charge on any atom is -0.346 e. The number of hydrogen-bond acceptors (Lipinski definition) is 3.